The van der Waals surface area contributed by atoms with Gasteiger partial charge in [0.05, 0.1) is 11.3 Å². The first-order valence-electron chi connectivity index (χ1n) is 10.2. The van der Waals surface area contributed by atoms with E-state index in [-0.39, 0.29) is 4.21 Å². The molecule has 0 saturated carbocycles. The quantitative estimate of drug-likeness (QED) is 0.645. The molecule has 0 radical (unpaired) electrons. The van der Waals surface area contributed by atoms with Crippen molar-refractivity contribution in [3.05, 3.63) is 39.5 Å². The Labute approximate surface area is 181 Å². The fourth-order valence-electron chi connectivity index (χ4n) is 4.26. The van der Waals surface area contributed by atoms with Crippen LogP contribution in [-0.4, -0.2) is 20.3 Å². The molecule has 162 valence electrons. The van der Waals surface area contributed by atoms with E-state index >= 15 is 0 Å². The van der Waals surface area contributed by atoms with Crippen molar-refractivity contribution in [1.82, 2.24) is 4.98 Å². The summed E-state index contributed by atoms with van der Waals surface area (Å²) in [5.41, 5.74) is 4.54. The van der Waals surface area contributed by atoms with Crippen molar-refractivity contribution in [3.8, 4) is 0 Å². The predicted octanol–water partition coefficient (Wildman–Crippen LogP) is 4.40. The minimum absolute atomic E-state index is 0.266. The third-order valence-electron chi connectivity index (χ3n) is 6.07. The number of aromatic nitrogens is 1. The van der Waals surface area contributed by atoms with Crippen LogP contribution in [0.2, 0.25) is 0 Å². The third kappa shape index (κ3) is 3.79. The third-order valence-corrected chi connectivity index (χ3v) is 8.93. The van der Waals surface area contributed by atoms with E-state index in [1.54, 1.807) is 25.3 Å². The van der Waals surface area contributed by atoms with Gasteiger partial charge in [0.1, 0.15) is 4.21 Å². The number of nitrogens with one attached hydrogen (secondary N) is 1. The van der Waals surface area contributed by atoms with Gasteiger partial charge in [-0.25, -0.2) is 14.1 Å². The van der Waals surface area contributed by atoms with Gasteiger partial charge < -0.3 is 10.4 Å². The molecule has 30 heavy (non-hydrogen) atoms. The van der Waals surface area contributed by atoms with Gasteiger partial charge in [0.2, 0.25) is 0 Å². The van der Waals surface area contributed by atoms with E-state index in [4.69, 9.17) is 10.1 Å². The Morgan fingerprint density at radius 2 is 1.83 bits per heavy atom. The monoisotopic (exact) mass is 448 g/mol. The Hall–Kier alpha value is -1.81. The summed E-state index contributed by atoms with van der Waals surface area (Å²) in [7, 11) is -3.41. The second kappa shape index (κ2) is 7.40. The topological polar surface area (TPSA) is 118 Å². The number of carbonyl (C=O) groups excluding carboxylic acids is 1. The van der Waals surface area contributed by atoms with Gasteiger partial charge in [-0.1, -0.05) is 13.8 Å². The Kier molecular flexibility index (Phi) is 5.29. The number of hydrogen-bond donors (Lipinski definition) is 3. The number of carbonyl (C=O) groups is 1. The summed E-state index contributed by atoms with van der Waals surface area (Å²) in [4.78, 5) is 17.7. The number of amides is 2. The summed E-state index contributed by atoms with van der Waals surface area (Å²) in [6.07, 6.45) is 3.72. The van der Waals surface area contributed by atoms with Gasteiger partial charge in [-0.2, -0.15) is 0 Å². The molecule has 0 fully saturated rings. The maximum atomic E-state index is 13.0. The van der Waals surface area contributed by atoms with Crippen molar-refractivity contribution in [2.24, 2.45) is 9.50 Å². The van der Waals surface area contributed by atoms with Gasteiger partial charge in [0.25, 0.3) is 0 Å². The zero-order valence-electron chi connectivity index (χ0n) is 17.7. The SMILES string of the molecule is C[C@@H]1CCc2c1nc1c(c2NC(=O)N=[S@](N)(=O)c2cc(C(C)(C)O)cs2)CC[C@H]1C. The fraction of sp³-hybridized carbons (Fsp3) is 0.524. The molecule has 4 rings (SSSR count). The Bertz CT molecular complexity index is 1100. The lowest BCUT2D eigenvalue weighted by Crippen LogP contribution is -2.19. The van der Waals surface area contributed by atoms with Crippen LogP contribution in [-0.2, 0) is 28.4 Å². The molecule has 2 aliphatic rings. The number of urea groups is 1. The molecule has 2 amide bonds. The number of hydrogen-bond acceptors (Lipinski definition) is 5. The standard InChI is InChI=1S/C21H28N4O3S2/c1-11-5-7-14-17(11)23-18-12(2)6-8-15(18)19(14)24-20(26)25-30(22,28)16-9-13(10-29-16)21(3,4)27/h9-12,27H,5-8H2,1-4H3,(H3,22,23,24,25,26,28)/t11-,12-,30+/m1/s1. The van der Waals surface area contributed by atoms with Crippen molar-refractivity contribution in [2.75, 3.05) is 5.32 Å². The Morgan fingerprint density at radius 3 is 2.33 bits per heavy atom. The first-order chi connectivity index (χ1) is 14.0. The smallest absolute Gasteiger partial charge is 0.354 e. The highest BCUT2D eigenvalue weighted by atomic mass is 32.2. The van der Waals surface area contributed by atoms with Crippen molar-refractivity contribution in [3.63, 3.8) is 0 Å². The number of pyridine rings is 1. The van der Waals surface area contributed by atoms with Gasteiger partial charge in [-0.05, 0) is 79.5 Å². The summed E-state index contributed by atoms with van der Waals surface area (Å²) < 4.78 is 17.1. The van der Waals surface area contributed by atoms with Crippen LogP contribution in [0.25, 0.3) is 0 Å². The van der Waals surface area contributed by atoms with E-state index in [9.17, 15) is 14.1 Å². The number of rotatable bonds is 3. The van der Waals surface area contributed by atoms with Crippen LogP contribution in [0, 0.1) is 0 Å². The molecule has 3 atom stereocenters. The number of nitrogens with two attached hydrogens (primary N) is 1. The highest BCUT2D eigenvalue weighted by molar-refractivity contribution is 7.93. The minimum Gasteiger partial charge on any atom is -0.386 e. The highest BCUT2D eigenvalue weighted by Gasteiger charge is 2.32. The lowest BCUT2D eigenvalue weighted by atomic mass is 10.0. The van der Waals surface area contributed by atoms with Crippen molar-refractivity contribution < 1.29 is 14.1 Å². The van der Waals surface area contributed by atoms with Crippen LogP contribution in [0.15, 0.2) is 20.0 Å². The zero-order chi connectivity index (χ0) is 21.8. The molecular formula is C21H28N4O3S2. The predicted molar refractivity (Wildman–Crippen MR) is 119 cm³/mol. The first kappa shape index (κ1) is 21.4. The van der Waals surface area contributed by atoms with Crippen LogP contribution in [0.4, 0.5) is 10.5 Å². The number of nitrogens with zero attached hydrogens (tertiary/aromatic N) is 2. The van der Waals surface area contributed by atoms with Gasteiger partial charge in [-0.15, -0.1) is 15.7 Å². The molecule has 4 N–H and O–H groups in total. The second-order valence-corrected chi connectivity index (χ2v) is 11.8. The number of anilines is 1. The molecular weight excluding hydrogens is 420 g/mol. The Morgan fingerprint density at radius 1 is 1.27 bits per heavy atom. The highest BCUT2D eigenvalue weighted by Crippen LogP contribution is 2.44. The summed E-state index contributed by atoms with van der Waals surface area (Å²) >= 11 is 1.13. The summed E-state index contributed by atoms with van der Waals surface area (Å²) in [5.74, 6) is 0.714. The average Bonchev–Trinajstić information content (AvgIpc) is 3.35. The molecule has 0 spiro atoms. The van der Waals surface area contributed by atoms with Gasteiger partial charge in [0, 0.05) is 11.4 Å². The first-order valence-corrected chi connectivity index (χ1v) is 12.7. The summed E-state index contributed by atoms with van der Waals surface area (Å²) in [6, 6.07) is 0.838. The van der Waals surface area contributed by atoms with Crippen molar-refractivity contribution in [1.29, 1.82) is 0 Å². The fourth-order valence-corrected chi connectivity index (χ4v) is 6.54. The van der Waals surface area contributed by atoms with E-state index in [2.05, 4.69) is 23.5 Å². The molecule has 2 heterocycles. The molecule has 0 saturated heterocycles. The lowest BCUT2D eigenvalue weighted by molar-refractivity contribution is 0.0789. The molecule has 2 aromatic rings. The van der Waals surface area contributed by atoms with Gasteiger partial charge in [-0.3, -0.25) is 4.98 Å². The number of aliphatic hydroxyl groups is 1. The van der Waals surface area contributed by atoms with Gasteiger partial charge in [0.15, 0.2) is 9.92 Å². The van der Waals surface area contributed by atoms with E-state index in [1.165, 1.54) is 0 Å². The van der Waals surface area contributed by atoms with Crippen LogP contribution in [0.5, 0.6) is 0 Å². The average molecular weight is 449 g/mol. The van der Waals surface area contributed by atoms with Crippen molar-refractivity contribution >= 4 is 33.0 Å². The number of thiophene rings is 1. The Balaban J connectivity index is 1.68. The maximum Gasteiger partial charge on any atom is 0.354 e. The molecule has 0 unspecified atom stereocenters. The van der Waals surface area contributed by atoms with Crippen LogP contribution in [0.1, 0.15) is 80.5 Å². The van der Waals surface area contributed by atoms with E-state index in [0.717, 1.165) is 65.2 Å². The van der Waals surface area contributed by atoms with Crippen molar-refractivity contribution in [2.45, 2.75) is 75.0 Å². The molecule has 9 heteroatoms. The maximum absolute atomic E-state index is 13.0. The summed E-state index contributed by atoms with van der Waals surface area (Å²) in [6.45, 7) is 7.58. The minimum atomic E-state index is -3.41. The van der Waals surface area contributed by atoms with E-state index in [0.29, 0.717) is 17.4 Å². The summed E-state index contributed by atoms with van der Waals surface area (Å²) in [5, 5.41) is 20.6. The van der Waals surface area contributed by atoms with Crippen LogP contribution < -0.4 is 10.5 Å². The zero-order valence-corrected chi connectivity index (χ0v) is 19.3. The van der Waals surface area contributed by atoms with Crippen LogP contribution >= 0.6 is 11.3 Å². The molecule has 7 nitrogen and oxygen atoms in total. The molecule has 0 aliphatic heterocycles. The second-order valence-electron chi connectivity index (χ2n) is 8.90. The molecule has 2 aliphatic carbocycles. The normalized spacial score (nSPS) is 22.3. The van der Waals surface area contributed by atoms with E-state index in [1.807, 2.05) is 0 Å². The number of fused-ring (bicyclic) bond motifs is 2. The largest absolute Gasteiger partial charge is 0.386 e. The molecule has 2 aromatic heterocycles. The molecule has 0 bridgehead atoms. The van der Waals surface area contributed by atoms with E-state index < -0.39 is 21.5 Å². The van der Waals surface area contributed by atoms with Crippen LogP contribution in [0.3, 0.4) is 0 Å². The van der Waals surface area contributed by atoms with Gasteiger partial charge >= 0.3 is 6.03 Å². The molecule has 0 aromatic carbocycles. The lowest BCUT2D eigenvalue weighted by Gasteiger charge is -2.16.